The molecule has 2 aromatic carbocycles. The number of benzene rings is 2. The summed E-state index contributed by atoms with van der Waals surface area (Å²) in [5.41, 5.74) is 1.19. The summed E-state index contributed by atoms with van der Waals surface area (Å²) in [7, 11) is 0. The van der Waals surface area contributed by atoms with Gasteiger partial charge in [-0.2, -0.15) is 0 Å². The fourth-order valence-corrected chi connectivity index (χ4v) is 3.66. The highest BCUT2D eigenvalue weighted by atomic mass is 16.5. The molecule has 0 aliphatic heterocycles. The molecule has 0 aromatic heterocycles. The van der Waals surface area contributed by atoms with Crippen molar-refractivity contribution >= 4 is 5.91 Å². The van der Waals surface area contributed by atoms with Gasteiger partial charge in [0, 0.05) is 0 Å². The number of ether oxygens (including phenoxy) is 1. The van der Waals surface area contributed by atoms with Crippen LogP contribution < -0.4 is 10.1 Å². The summed E-state index contributed by atoms with van der Waals surface area (Å²) in [6, 6.07) is 20.0. The highest BCUT2D eigenvalue weighted by Crippen LogP contribution is 2.35. The van der Waals surface area contributed by atoms with Crippen molar-refractivity contribution in [3.63, 3.8) is 0 Å². The van der Waals surface area contributed by atoms with E-state index in [1.807, 2.05) is 55.5 Å². The lowest BCUT2D eigenvalue weighted by molar-refractivity contribution is -0.129. The minimum absolute atomic E-state index is 0.0212. The molecule has 3 nitrogen and oxygen atoms in total. The van der Waals surface area contributed by atoms with Crippen LogP contribution in [0, 0.1) is 5.92 Å². The molecule has 0 heterocycles. The van der Waals surface area contributed by atoms with Gasteiger partial charge in [-0.1, -0.05) is 68.3 Å². The molecule has 0 radical (unpaired) electrons. The SMILES string of the molecule is CC[C@H](Oc1ccccc1)C(=O)N[C@@H](c1ccccc1)C1CCCC1. The standard InChI is InChI=1S/C22H27NO2/c1-2-20(25-19-15-7-4-8-16-19)22(24)23-21(18-13-9-10-14-18)17-11-5-3-6-12-17/h3-8,11-12,15-16,18,20-21H,2,9-10,13-14H2,1H3,(H,23,24)/t20-,21-/m0/s1. The predicted octanol–water partition coefficient (Wildman–Crippen LogP) is 4.89. The van der Waals surface area contributed by atoms with Crippen LogP contribution in [0.2, 0.25) is 0 Å². The molecule has 1 saturated carbocycles. The monoisotopic (exact) mass is 337 g/mol. The highest BCUT2D eigenvalue weighted by Gasteiger charge is 2.30. The van der Waals surface area contributed by atoms with E-state index in [-0.39, 0.29) is 11.9 Å². The predicted molar refractivity (Wildman–Crippen MR) is 100 cm³/mol. The number of hydrogen-bond donors (Lipinski definition) is 1. The molecule has 1 amide bonds. The summed E-state index contributed by atoms with van der Waals surface area (Å²) in [5, 5.41) is 3.28. The first-order valence-corrected chi connectivity index (χ1v) is 9.35. The summed E-state index contributed by atoms with van der Waals surface area (Å²) in [6.45, 7) is 1.99. The maximum absolute atomic E-state index is 12.9. The molecule has 3 heteroatoms. The number of rotatable bonds is 7. The molecule has 0 unspecified atom stereocenters. The number of amides is 1. The minimum Gasteiger partial charge on any atom is -0.481 e. The molecular formula is C22H27NO2. The lowest BCUT2D eigenvalue weighted by atomic mass is 9.91. The normalized spacial score (nSPS) is 17.0. The van der Waals surface area contributed by atoms with Gasteiger partial charge in [0.2, 0.25) is 0 Å². The third kappa shape index (κ3) is 4.62. The van der Waals surface area contributed by atoms with Crippen molar-refractivity contribution in [2.75, 3.05) is 0 Å². The van der Waals surface area contributed by atoms with Crippen LogP contribution in [0.15, 0.2) is 60.7 Å². The van der Waals surface area contributed by atoms with E-state index >= 15 is 0 Å². The van der Waals surface area contributed by atoms with E-state index in [2.05, 4.69) is 17.4 Å². The Balaban J connectivity index is 1.72. The molecule has 132 valence electrons. The zero-order valence-corrected chi connectivity index (χ0v) is 14.9. The zero-order chi connectivity index (χ0) is 17.5. The Kier molecular flexibility index (Phi) is 6.10. The van der Waals surface area contributed by atoms with E-state index < -0.39 is 6.10 Å². The average Bonchev–Trinajstić information content (AvgIpc) is 3.20. The maximum Gasteiger partial charge on any atom is 0.261 e. The van der Waals surface area contributed by atoms with Gasteiger partial charge < -0.3 is 10.1 Å². The van der Waals surface area contributed by atoms with Crippen molar-refractivity contribution in [1.29, 1.82) is 0 Å². The molecule has 25 heavy (non-hydrogen) atoms. The molecule has 2 atom stereocenters. The highest BCUT2D eigenvalue weighted by molar-refractivity contribution is 5.81. The summed E-state index contributed by atoms with van der Waals surface area (Å²) in [5.74, 6) is 1.23. The van der Waals surface area contributed by atoms with Crippen LogP contribution >= 0.6 is 0 Å². The Hall–Kier alpha value is -2.29. The van der Waals surface area contributed by atoms with Crippen molar-refractivity contribution in [2.45, 2.75) is 51.2 Å². The molecule has 3 rings (SSSR count). The average molecular weight is 337 g/mol. The Bertz CT molecular complexity index is 650. The zero-order valence-electron chi connectivity index (χ0n) is 14.9. The van der Waals surface area contributed by atoms with E-state index in [1.165, 1.54) is 31.2 Å². The van der Waals surface area contributed by atoms with Gasteiger partial charge in [0.25, 0.3) is 5.91 Å². The van der Waals surface area contributed by atoms with Crippen LogP contribution in [0.1, 0.15) is 50.6 Å². The first-order chi connectivity index (χ1) is 12.3. The van der Waals surface area contributed by atoms with Gasteiger partial charge >= 0.3 is 0 Å². The molecule has 0 spiro atoms. The van der Waals surface area contributed by atoms with Crippen LogP contribution in [0.4, 0.5) is 0 Å². The van der Waals surface area contributed by atoms with E-state index in [4.69, 9.17) is 4.74 Å². The summed E-state index contributed by atoms with van der Waals surface area (Å²) in [4.78, 5) is 12.9. The molecule has 1 fully saturated rings. The number of carbonyl (C=O) groups is 1. The Morgan fingerprint density at radius 2 is 1.64 bits per heavy atom. The number of nitrogens with one attached hydrogen (secondary N) is 1. The van der Waals surface area contributed by atoms with E-state index in [0.717, 1.165) is 5.75 Å². The Morgan fingerprint density at radius 3 is 2.24 bits per heavy atom. The first kappa shape index (κ1) is 17.5. The maximum atomic E-state index is 12.9. The van der Waals surface area contributed by atoms with Crippen LogP contribution in [0.5, 0.6) is 5.75 Å². The fraction of sp³-hybridized carbons (Fsp3) is 0.409. The van der Waals surface area contributed by atoms with Crippen LogP contribution in [0.3, 0.4) is 0 Å². The molecule has 0 bridgehead atoms. The van der Waals surface area contributed by atoms with Gasteiger partial charge in [-0.15, -0.1) is 0 Å². The van der Waals surface area contributed by atoms with E-state index in [0.29, 0.717) is 12.3 Å². The number of para-hydroxylation sites is 1. The van der Waals surface area contributed by atoms with Crippen molar-refractivity contribution < 1.29 is 9.53 Å². The third-order valence-electron chi connectivity index (χ3n) is 5.01. The minimum atomic E-state index is -0.463. The summed E-state index contributed by atoms with van der Waals surface area (Å²) in [6.07, 6.45) is 5.04. The van der Waals surface area contributed by atoms with Gasteiger partial charge in [-0.25, -0.2) is 0 Å². The molecule has 2 aromatic rings. The second-order valence-electron chi connectivity index (χ2n) is 6.77. The molecule has 1 aliphatic carbocycles. The fourth-order valence-electron chi connectivity index (χ4n) is 3.66. The van der Waals surface area contributed by atoms with Crippen LogP contribution in [-0.2, 0) is 4.79 Å². The molecule has 1 N–H and O–H groups in total. The molecular weight excluding hydrogens is 310 g/mol. The lowest BCUT2D eigenvalue weighted by Crippen LogP contribution is -2.42. The quantitative estimate of drug-likeness (QED) is 0.781. The Labute approximate surface area is 150 Å². The topological polar surface area (TPSA) is 38.3 Å². The van der Waals surface area contributed by atoms with Gasteiger partial charge in [-0.05, 0) is 42.9 Å². The van der Waals surface area contributed by atoms with E-state index in [9.17, 15) is 4.79 Å². The van der Waals surface area contributed by atoms with Gasteiger partial charge in [0.15, 0.2) is 6.10 Å². The van der Waals surface area contributed by atoms with Crippen LogP contribution in [-0.4, -0.2) is 12.0 Å². The van der Waals surface area contributed by atoms with Crippen molar-refractivity contribution in [3.8, 4) is 5.75 Å². The third-order valence-corrected chi connectivity index (χ3v) is 5.01. The largest absolute Gasteiger partial charge is 0.481 e. The van der Waals surface area contributed by atoms with Crippen molar-refractivity contribution in [2.24, 2.45) is 5.92 Å². The molecule has 0 saturated heterocycles. The second kappa shape index (κ2) is 8.70. The molecule has 1 aliphatic rings. The summed E-state index contributed by atoms with van der Waals surface area (Å²) >= 11 is 0. The van der Waals surface area contributed by atoms with E-state index in [1.54, 1.807) is 0 Å². The van der Waals surface area contributed by atoms with Crippen molar-refractivity contribution in [1.82, 2.24) is 5.32 Å². The van der Waals surface area contributed by atoms with Gasteiger partial charge in [0.05, 0.1) is 6.04 Å². The van der Waals surface area contributed by atoms with Crippen LogP contribution in [0.25, 0.3) is 0 Å². The number of carbonyl (C=O) groups excluding carboxylic acids is 1. The van der Waals surface area contributed by atoms with Crippen molar-refractivity contribution in [3.05, 3.63) is 66.2 Å². The second-order valence-corrected chi connectivity index (χ2v) is 6.77. The first-order valence-electron chi connectivity index (χ1n) is 9.35. The number of hydrogen-bond acceptors (Lipinski definition) is 2. The Morgan fingerprint density at radius 1 is 1.04 bits per heavy atom. The summed E-state index contributed by atoms with van der Waals surface area (Å²) < 4.78 is 5.91. The van der Waals surface area contributed by atoms with Gasteiger partial charge in [0.1, 0.15) is 5.75 Å². The smallest absolute Gasteiger partial charge is 0.261 e. The lowest BCUT2D eigenvalue weighted by Gasteiger charge is -2.27. The van der Waals surface area contributed by atoms with Gasteiger partial charge in [-0.3, -0.25) is 4.79 Å².